The fraction of sp³-hybridized carbons (Fsp3) is 0.526. The predicted molar refractivity (Wildman–Crippen MR) is 102 cm³/mol. The molecule has 6 nitrogen and oxygen atoms in total. The lowest BCUT2D eigenvalue weighted by Crippen LogP contribution is -2.29. The van der Waals surface area contributed by atoms with Gasteiger partial charge >= 0.3 is 5.97 Å². The molecule has 1 saturated heterocycles. The van der Waals surface area contributed by atoms with Crippen molar-refractivity contribution in [3.05, 3.63) is 34.1 Å². The third-order valence-electron chi connectivity index (χ3n) is 4.30. The van der Waals surface area contributed by atoms with E-state index in [0.29, 0.717) is 34.1 Å². The molecule has 0 spiro atoms. The summed E-state index contributed by atoms with van der Waals surface area (Å²) in [6.07, 6.45) is 2.04. The minimum Gasteiger partial charge on any atom is -0.465 e. The van der Waals surface area contributed by atoms with Crippen molar-refractivity contribution >= 4 is 28.6 Å². The van der Waals surface area contributed by atoms with Gasteiger partial charge in [0, 0.05) is 12.4 Å². The third kappa shape index (κ3) is 4.10. The highest BCUT2D eigenvalue weighted by Gasteiger charge is 2.21. The summed E-state index contributed by atoms with van der Waals surface area (Å²) in [6, 6.07) is 4.88. The first-order chi connectivity index (χ1) is 12.5. The van der Waals surface area contributed by atoms with E-state index < -0.39 is 5.97 Å². The van der Waals surface area contributed by atoms with E-state index in [0.717, 1.165) is 25.2 Å². The summed E-state index contributed by atoms with van der Waals surface area (Å²) >= 11 is 1.57. The standard InChI is InChI=1S/C19H24N2O4S/c1-12(2)11-26-19-20-16-9-13(18(23)24-3)6-7-15(16)17(22)21(19)10-14-5-4-8-25-14/h6-7,9,12,14H,4-5,8,10-11H2,1-3H3/t14-/m0/s1. The Labute approximate surface area is 156 Å². The SMILES string of the molecule is COC(=O)c1ccc2c(=O)n(C[C@@H]3CCCO3)c(SCC(C)C)nc2c1. The van der Waals surface area contributed by atoms with Crippen LogP contribution in [0, 0.1) is 5.92 Å². The molecule has 0 amide bonds. The maximum Gasteiger partial charge on any atom is 0.337 e. The molecule has 26 heavy (non-hydrogen) atoms. The third-order valence-corrected chi connectivity index (χ3v) is 5.70. The molecule has 1 aromatic heterocycles. The van der Waals surface area contributed by atoms with Crippen LogP contribution in [-0.4, -0.2) is 41.1 Å². The summed E-state index contributed by atoms with van der Waals surface area (Å²) in [4.78, 5) is 29.5. The van der Waals surface area contributed by atoms with Crippen molar-refractivity contribution in [1.29, 1.82) is 0 Å². The van der Waals surface area contributed by atoms with E-state index in [1.165, 1.54) is 7.11 Å². The van der Waals surface area contributed by atoms with Crippen LogP contribution in [0.3, 0.4) is 0 Å². The Morgan fingerprint density at radius 2 is 2.27 bits per heavy atom. The van der Waals surface area contributed by atoms with Crippen LogP contribution in [0.5, 0.6) is 0 Å². The van der Waals surface area contributed by atoms with Crippen molar-refractivity contribution in [3.8, 4) is 0 Å². The number of benzene rings is 1. The van der Waals surface area contributed by atoms with Gasteiger partial charge in [0.05, 0.1) is 36.2 Å². The number of ether oxygens (including phenoxy) is 2. The minimum absolute atomic E-state index is 0.0553. The van der Waals surface area contributed by atoms with Gasteiger partial charge in [-0.3, -0.25) is 9.36 Å². The molecule has 1 fully saturated rings. The van der Waals surface area contributed by atoms with Gasteiger partial charge in [0.15, 0.2) is 5.16 Å². The van der Waals surface area contributed by atoms with Gasteiger partial charge in [0.2, 0.25) is 0 Å². The first kappa shape index (κ1) is 18.9. The lowest BCUT2D eigenvalue weighted by atomic mass is 10.1. The van der Waals surface area contributed by atoms with E-state index in [4.69, 9.17) is 9.47 Å². The molecule has 0 saturated carbocycles. The second-order valence-corrected chi connectivity index (χ2v) is 7.86. The maximum atomic E-state index is 13.1. The minimum atomic E-state index is -0.436. The van der Waals surface area contributed by atoms with Crippen molar-refractivity contribution in [2.75, 3.05) is 19.5 Å². The van der Waals surface area contributed by atoms with Crippen LogP contribution in [-0.2, 0) is 16.0 Å². The zero-order chi connectivity index (χ0) is 18.7. The normalized spacial score (nSPS) is 17.2. The number of carbonyl (C=O) groups excluding carboxylic acids is 1. The van der Waals surface area contributed by atoms with Crippen LogP contribution in [0.2, 0.25) is 0 Å². The molecule has 0 bridgehead atoms. The maximum absolute atomic E-state index is 13.1. The topological polar surface area (TPSA) is 70.4 Å². The monoisotopic (exact) mass is 376 g/mol. The summed E-state index contributed by atoms with van der Waals surface area (Å²) in [6.45, 7) is 5.52. The average molecular weight is 376 g/mol. The smallest absolute Gasteiger partial charge is 0.337 e. The average Bonchev–Trinajstić information content (AvgIpc) is 3.14. The fourth-order valence-corrected chi connectivity index (χ4v) is 3.91. The number of aromatic nitrogens is 2. The molecule has 0 radical (unpaired) electrons. The Kier molecular flexibility index (Phi) is 5.98. The Morgan fingerprint density at radius 3 is 2.92 bits per heavy atom. The second-order valence-electron chi connectivity index (χ2n) is 6.87. The van der Waals surface area contributed by atoms with Gasteiger partial charge in [-0.1, -0.05) is 25.6 Å². The summed E-state index contributed by atoms with van der Waals surface area (Å²) in [5.74, 6) is 0.902. The zero-order valence-corrected chi connectivity index (χ0v) is 16.2. The van der Waals surface area contributed by atoms with Crippen LogP contribution in [0.1, 0.15) is 37.0 Å². The van der Waals surface area contributed by atoms with Crippen LogP contribution >= 0.6 is 11.8 Å². The van der Waals surface area contributed by atoms with Crippen molar-refractivity contribution in [1.82, 2.24) is 9.55 Å². The van der Waals surface area contributed by atoms with Crippen LogP contribution < -0.4 is 5.56 Å². The van der Waals surface area contributed by atoms with E-state index >= 15 is 0 Å². The first-order valence-corrected chi connectivity index (χ1v) is 9.85. The number of fused-ring (bicyclic) bond motifs is 1. The summed E-state index contributed by atoms with van der Waals surface area (Å²) < 4.78 is 12.2. The van der Waals surface area contributed by atoms with Crippen LogP contribution in [0.25, 0.3) is 10.9 Å². The van der Waals surface area contributed by atoms with E-state index in [1.54, 1.807) is 34.5 Å². The van der Waals surface area contributed by atoms with Crippen molar-refractivity contribution < 1.29 is 14.3 Å². The molecule has 0 aliphatic carbocycles. The Balaban J connectivity index is 2.06. The molecule has 140 valence electrons. The molecular formula is C19H24N2O4S. The van der Waals surface area contributed by atoms with Gasteiger partial charge in [-0.25, -0.2) is 9.78 Å². The number of hydrogen-bond donors (Lipinski definition) is 0. The number of rotatable bonds is 6. The number of thioether (sulfide) groups is 1. The van der Waals surface area contributed by atoms with Gasteiger partial charge < -0.3 is 9.47 Å². The van der Waals surface area contributed by atoms with Crippen LogP contribution in [0.4, 0.5) is 0 Å². The summed E-state index contributed by atoms with van der Waals surface area (Å²) in [7, 11) is 1.34. The molecule has 0 N–H and O–H groups in total. The Bertz CT molecular complexity index is 856. The highest BCUT2D eigenvalue weighted by atomic mass is 32.2. The molecule has 1 aliphatic heterocycles. The van der Waals surface area contributed by atoms with E-state index in [9.17, 15) is 9.59 Å². The van der Waals surface area contributed by atoms with Crippen LogP contribution in [0.15, 0.2) is 28.2 Å². The van der Waals surface area contributed by atoms with E-state index in [1.807, 2.05) is 0 Å². The van der Waals surface area contributed by atoms with Gasteiger partial charge in [0.1, 0.15) is 0 Å². The summed E-state index contributed by atoms with van der Waals surface area (Å²) in [5, 5.41) is 1.18. The lowest BCUT2D eigenvalue weighted by Gasteiger charge is -2.17. The summed E-state index contributed by atoms with van der Waals surface area (Å²) in [5.41, 5.74) is 0.824. The number of hydrogen-bond acceptors (Lipinski definition) is 6. The first-order valence-electron chi connectivity index (χ1n) is 8.87. The lowest BCUT2D eigenvalue weighted by molar-refractivity contribution is 0.0601. The molecule has 7 heteroatoms. The number of nitrogens with zero attached hydrogens (tertiary/aromatic N) is 2. The largest absolute Gasteiger partial charge is 0.465 e. The van der Waals surface area contributed by atoms with Gasteiger partial charge in [-0.05, 0) is 37.0 Å². The van der Waals surface area contributed by atoms with Gasteiger partial charge in [0.25, 0.3) is 5.56 Å². The predicted octanol–water partition coefficient (Wildman–Crippen LogP) is 3.11. The highest BCUT2D eigenvalue weighted by molar-refractivity contribution is 7.99. The van der Waals surface area contributed by atoms with Crippen molar-refractivity contribution in [2.24, 2.45) is 5.92 Å². The molecule has 2 aromatic rings. The van der Waals surface area contributed by atoms with Gasteiger partial charge in [-0.2, -0.15) is 0 Å². The zero-order valence-electron chi connectivity index (χ0n) is 15.4. The Hall–Kier alpha value is -1.86. The molecule has 3 rings (SSSR count). The molecule has 1 atom stereocenters. The molecule has 2 heterocycles. The van der Waals surface area contributed by atoms with Crippen molar-refractivity contribution in [2.45, 2.75) is 44.5 Å². The quantitative estimate of drug-likeness (QED) is 0.438. The second kappa shape index (κ2) is 8.22. The molecule has 1 aliphatic rings. The number of carbonyl (C=O) groups is 1. The molecular weight excluding hydrogens is 352 g/mol. The fourth-order valence-electron chi connectivity index (χ4n) is 2.95. The molecule has 1 aromatic carbocycles. The molecule has 0 unspecified atom stereocenters. The van der Waals surface area contributed by atoms with Gasteiger partial charge in [-0.15, -0.1) is 0 Å². The van der Waals surface area contributed by atoms with E-state index in [-0.39, 0.29) is 11.7 Å². The highest BCUT2D eigenvalue weighted by Crippen LogP contribution is 2.23. The number of methoxy groups -OCH3 is 1. The number of esters is 1. The Morgan fingerprint density at radius 1 is 1.46 bits per heavy atom. The van der Waals surface area contributed by atoms with Crippen molar-refractivity contribution in [3.63, 3.8) is 0 Å². The van der Waals surface area contributed by atoms with E-state index in [2.05, 4.69) is 18.8 Å².